The van der Waals surface area contributed by atoms with E-state index >= 15 is 0 Å². The Bertz CT molecular complexity index is 303. The fourth-order valence-electron chi connectivity index (χ4n) is 1.26. The minimum atomic E-state index is -0.621. The largest absolute Gasteiger partial charge is 0.268 e. The van der Waals surface area contributed by atoms with Crippen molar-refractivity contribution in [1.82, 2.24) is 5.73 Å². The molecule has 0 fully saturated rings. The van der Waals surface area contributed by atoms with Crippen molar-refractivity contribution in [2.24, 2.45) is 0 Å². The second kappa shape index (κ2) is 5.97. The zero-order chi connectivity index (χ0) is 10.2. The molecule has 1 rings (SSSR count). The zero-order valence-electron chi connectivity index (χ0n) is 8.07. The predicted octanol–water partition coefficient (Wildman–Crippen LogP) is 2.38. The molecule has 0 unspecified atom stereocenters. The van der Waals surface area contributed by atoms with Crippen molar-refractivity contribution in [1.29, 1.82) is 0 Å². The first-order chi connectivity index (χ1) is 6.79. The summed E-state index contributed by atoms with van der Waals surface area (Å²) in [5.74, 6) is -0.621. The standard InChI is InChI=1S/C12H14NO/c13-12(14)10-6-2-5-9-11-7-3-1-4-8-11/h1,3-4,6-8,10,13H,2,5,9H2/b10-6+. The van der Waals surface area contributed by atoms with Crippen LogP contribution in [0.1, 0.15) is 18.4 Å². The molecule has 1 radical (unpaired) electrons. The Morgan fingerprint density at radius 2 is 2.00 bits per heavy atom. The predicted molar refractivity (Wildman–Crippen MR) is 56.6 cm³/mol. The van der Waals surface area contributed by atoms with Crippen molar-refractivity contribution < 1.29 is 4.79 Å². The number of carbonyl (C=O) groups is 1. The van der Waals surface area contributed by atoms with Gasteiger partial charge in [0.1, 0.15) is 0 Å². The summed E-state index contributed by atoms with van der Waals surface area (Å²) in [4.78, 5) is 10.3. The summed E-state index contributed by atoms with van der Waals surface area (Å²) < 4.78 is 0. The van der Waals surface area contributed by atoms with Gasteiger partial charge in [0.05, 0.1) is 0 Å². The van der Waals surface area contributed by atoms with E-state index in [9.17, 15) is 4.79 Å². The van der Waals surface area contributed by atoms with E-state index in [1.807, 2.05) is 18.2 Å². The number of allylic oxidation sites excluding steroid dienone is 1. The van der Waals surface area contributed by atoms with E-state index in [0.717, 1.165) is 19.3 Å². The Kier molecular flexibility index (Phi) is 4.48. The molecular weight excluding hydrogens is 174 g/mol. The summed E-state index contributed by atoms with van der Waals surface area (Å²) in [6, 6.07) is 10.2. The van der Waals surface area contributed by atoms with Gasteiger partial charge in [-0.15, -0.1) is 0 Å². The normalized spacial score (nSPS) is 10.6. The molecule has 0 aromatic heterocycles. The number of aryl methyl sites for hydroxylation is 1. The number of rotatable bonds is 5. The molecule has 0 aliphatic rings. The van der Waals surface area contributed by atoms with Crippen molar-refractivity contribution in [3.8, 4) is 0 Å². The fraction of sp³-hybridized carbons (Fsp3) is 0.250. The summed E-state index contributed by atoms with van der Waals surface area (Å²) in [7, 11) is 0. The molecule has 0 heterocycles. The molecule has 0 bridgehead atoms. The van der Waals surface area contributed by atoms with E-state index in [-0.39, 0.29) is 0 Å². The Morgan fingerprint density at radius 1 is 1.29 bits per heavy atom. The van der Waals surface area contributed by atoms with Crippen LogP contribution in [0.2, 0.25) is 0 Å². The average molecular weight is 188 g/mol. The fourth-order valence-corrected chi connectivity index (χ4v) is 1.26. The van der Waals surface area contributed by atoms with Crippen LogP contribution < -0.4 is 5.73 Å². The van der Waals surface area contributed by atoms with Crippen molar-refractivity contribution >= 4 is 5.91 Å². The maximum absolute atomic E-state index is 10.3. The monoisotopic (exact) mass is 188 g/mol. The number of nitrogens with one attached hydrogen (secondary N) is 1. The molecule has 1 N–H and O–H groups in total. The molecule has 0 saturated heterocycles. The molecule has 2 heteroatoms. The molecule has 0 saturated carbocycles. The molecule has 0 aliphatic carbocycles. The van der Waals surface area contributed by atoms with E-state index in [2.05, 4.69) is 12.1 Å². The Morgan fingerprint density at radius 3 is 2.64 bits per heavy atom. The smallest absolute Gasteiger partial charge is 0.262 e. The van der Waals surface area contributed by atoms with E-state index in [4.69, 9.17) is 5.73 Å². The third-order valence-corrected chi connectivity index (χ3v) is 1.95. The quantitative estimate of drug-likeness (QED) is 0.516. The van der Waals surface area contributed by atoms with E-state index in [1.165, 1.54) is 11.6 Å². The van der Waals surface area contributed by atoms with Gasteiger partial charge in [0.25, 0.3) is 5.91 Å². The molecule has 73 valence electrons. The highest BCUT2D eigenvalue weighted by Crippen LogP contribution is 2.04. The molecular formula is C12H14NO. The maximum Gasteiger partial charge on any atom is 0.262 e. The highest BCUT2D eigenvalue weighted by atomic mass is 16.1. The van der Waals surface area contributed by atoms with E-state index in [0.29, 0.717) is 0 Å². The van der Waals surface area contributed by atoms with Crippen LogP contribution in [0, 0.1) is 0 Å². The van der Waals surface area contributed by atoms with E-state index < -0.39 is 5.91 Å². The number of amides is 1. The van der Waals surface area contributed by atoms with Crippen LogP contribution in [0.3, 0.4) is 0 Å². The minimum absolute atomic E-state index is 0.621. The van der Waals surface area contributed by atoms with Crippen LogP contribution in [0.25, 0.3) is 0 Å². The lowest BCUT2D eigenvalue weighted by Crippen LogP contribution is -1.89. The lowest BCUT2D eigenvalue weighted by molar-refractivity contribution is -0.114. The first-order valence-electron chi connectivity index (χ1n) is 4.75. The summed E-state index contributed by atoms with van der Waals surface area (Å²) in [5.41, 5.74) is 7.97. The van der Waals surface area contributed by atoms with Crippen molar-refractivity contribution in [3.63, 3.8) is 0 Å². The number of hydrogen-bond donors (Lipinski definition) is 0. The number of carbonyl (C=O) groups excluding carboxylic acids is 1. The van der Waals surface area contributed by atoms with Crippen LogP contribution >= 0.6 is 0 Å². The van der Waals surface area contributed by atoms with Gasteiger partial charge in [-0.2, -0.15) is 0 Å². The summed E-state index contributed by atoms with van der Waals surface area (Å²) in [6.45, 7) is 0. The Labute approximate surface area is 84.4 Å². The van der Waals surface area contributed by atoms with Crippen molar-refractivity contribution in [2.45, 2.75) is 19.3 Å². The lowest BCUT2D eigenvalue weighted by atomic mass is 10.1. The number of hydrogen-bond acceptors (Lipinski definition) is 1. The third-order valence-electron chi connectivity index (χ3n) is 1.95. The molecule has 0 aliphatic heterocycles. The van der Waals surface area contributed by atoms with E-state index in [1.54, 1.807) is 6.08 Å². The van der Waals surface area contributed by atoms with Gasteiger partial charge in [-0.25, -0.2) is 0 Å². The maximum atomic E-state index is 10.3. The molecule has 1 aromatic carbocycles. The average Bonchev–Trinajstić information content (AvgIpc) is 2.18. The van der Waals surface area contributed by atoms with Crippen LogP contribution in [-0.4, -0.2) is 5.91 Å². The number of unbranched alkanes of at least 4 members (excludes halogenated alkanes) is 1. The van der Waals surface area contributed by atoms with Gasteiger partial charge in [0, 0.05) is 6.08 Å². The highest BCUT2D eigenvalue weighted by molar-refractivity contribution is 5.84. The van der Waals surface area contributed by atoms with Crippen LogP contribution in [0.4, 0.5) is 0 Å². The van der Waals surface area contributed by atoms with Crippen molar-refractivity contribution in [3.05, 3.63) is 48.0 Å². The van der Waals surface area contributed by atoms with Gasteiger partial charge in [-0.3, -0.25) is 10.5 Å². The van der Waals surface area contributed by atoms with Gasteiger partial charge in [0.15, 0.2) is 0 Å². The zero-order valence-corrected chi connectivity index (χ0v) is 8.07. The first-order valence-corrected chi connectivity index (χ1v) is 4.75. The molecule has 14 heavy (non-hydrogen) atoms. The second-order valence-electron chi connectivity index (χ2n) is 3.14. The summed E-state index contributed by atoms with van der Waals surface area (Å²) in [6.07, 6.45) is 5.98. The summed E-state index contributed by atoms with van der Waals surface area (Å²) >= 11 is 0. The number of benzene rings is 1. The molecule has 1 amide bonds. The first kappa shape index (κ1) is 10.5. The molecule has 0 atom stereocenters. The topological polar surface area (TPSA) is 40.9 Å². The van der Waals surface area contributed by atoms with Gasteiger partial charge >= 0.3 is 0 Å². The third kappa shape index (κ3) is 4.45. The minimum Gasteiger partial charge on any atom is -0.268 e. The van der Waals surface area contributed by atoms with Crippen molar-refractivity contribution in [2.75, 3.05) is 0 Å². The molecule has 0 spiro atoms. The van der Waals surface area contributed by atoms with Gasteiger partial charge < -0.3 is 0 Å². The highest BCUT2D eigenvalue weighted by Gasteiger charge is 1.90. The van der Waals surface area contributed by atoms with Crippen LogP contribution in [-0.2, 0) is 11.2 Å². The molecule has 2 nitrogen and oxygen atoms in total. The van der Waals surface area contributed by atoms with Gasteiger partial charge in [-0.05, 0) is 24.8 Å². The lowest BCUT2D eigenvalue weighted by Gasteiger charge is -1.97. The van der Waals surface area contributed by atoms with Crippen LogP contribution in [0.15, 0.2) is 42.5 Å². The molecule has 1 aromatic rings. The summed E-state index contributed by atoms with van der Waals surface area (Å²) in [5, 5.41) is 0. The van der Waals surface area contributed by atoms with Gasteiger partial charge in [0.2, 0.25) is 0 Å². The SMILES string of the molecule is [NH]C(=O)/C=C/CCCc1ccccc1. The Balaban J connectivity index is 2.19. The van der Waals surface area contributed by atoms with Gasteiger partial charge in [-0.1, -0.05) is 36.4 Å². The Hall–Kier alpha value is -1.57. The second-order valence-corrected chi connectivity index (χ2v) is 3.14. The van der Waals surface area contributed by atoms with Crippen LogP contribution in [0.5, 0.6) is 0 Å².